The second kappa shape index (κ2) is 10.2. The topological polar surface area (TPSA) is 107 Å². The molecule has 8 nitrogen and oxygen atoms in total. The number of hydrogen-bond acceptors (Lipinski definition) is 6. The van der Waals surface area contributed by atoms with Crippen molar-refractivity contribution in [2.75, 3.05) is 20.3 Å². The van der Waals surface area contributed by atoms with Crippen molar-refractivity contribution in [3.05, 3.63) is 59.6 Å². The van der Waals surface area contributed by atoms with Crippen LogP contribution in [0.2, 0.25) is 0 Å². The lowest BCUT2D eigenvalue weighted by atomic mass is 10.1. The number of alkyl halides is 3. The van der Waals surface area contributed by atoms with E-state index < -0.39 is 17.8 Å². The van der Waals surface area contributed by atoms with Crippen molar-refractivity contribution < 1.29 is 41.7 Å². The fraction of sp³-hybridized carbons (Fsp3) is 0.280. The number of H-pyrrole nitrogens is 1. The molecular weight excluding hydrogens is 481 g/mol. The number of nitrogens with one attached hydrogen (secondary N) is 1. The molecule has 0 bridgehead atoms. The van der Waals surface area contributed by atoms with Gasteiger partial charge in [-0.05, 0) is 48.9 Å². The lowest BCUT2D eigenvalue weighted by Crippen LogP contribution is -2.06. The maximum atomic E-state index is 12.8. The van der Waals surface area contributed by atoms with E-state index in [1.807, 2.05) is 19.1 Å². The maximum absolute atomic E-state index is 12.8. The summed E-state index contributed by atoms with van der Waals surface area (Å²) >= 11 is 0. The summed E-state index contributed by atoms with van der Waals surface area (Å²) < 4.78 is 60.1. The van der Waals surface area contributed by atoms with Gasteiger partial charge < -0.3 is 28.7 Å². The van der Waals surface area contributed by atoms with E-state index in [1.54, 1.807) is 12.1 Å². The summed E-state index contributed by atoms with van der Waals surface area (Å²) in [5.41, 5.74) is 1.58. The SMILES string of the molecule is COc1cc(-c2nc(C(F)(F)F)co2)ccc1OCCCOc1ccc2[nH]c(CC(=O)O)c(C)c2c1. The number of methoxy groups -OCH3 is 1. The van der Waals surface area contributed by atoms with Crippen LogP contribution in [0, 0.1) is 6.92 Å². The number of aromatic nitrogens is 2. The van der Waals surface area contributed by atoms with Crippen molar-refractivity contribution in [1.29, 1.82) is 0 Å². The van der Waals surface area contributed by atoms with Crippen molar-refractivity contribution >= 4 is 16.9 Å². The average Bonchev–Trinajstić information content (AvgIpc) is 3.44. The Hall–Kier alpha value is -4.15. The van der Waals surface area contributed by atoms with Gasteiger partial charge in [0.15, 0.2) is 17.2 Å². The number of aryl methyl sites for hydroxylation is 1. The van der Waals surface area contributed by atoms with Crippen molar-refractivity contribution in [1.82, 2.24) is 9.97 Å². The summed E-state index contributed by atoms with van der Waals surface area (Å²) in [5.74, 6) is 0.313. The standard InChI is InChI=1S/C25H23F3N2O6/c1-14-17-11-16(5-6-18(17)29-19(14)12-23(31)32)34-8-3-9-35-20-7-4-15(10-21(20)33-2)24-30-22(13-36-24)25(26,27)28/h4-7,10-11,13,29H,3,8-9,12H2,1-2H3,(H,31,32). The number of carboxylic acid groups (broad SMARTS) is 1. The van der Waals surface area contributed by atoms with Crippen LogP contribution in [0.3, 0.4) is 0 Å². The molecular formula is C25H23F3N2O6. The predicted octanol–water partition coefficient (Wildman–Crippen LogP) is 5.63. The Morgan fingerprint density at radius 2 is 1.89 bits per heavy atom. The third-order valence-corrected chi connectivity index (χ3v) is 5.48. The van der Waals surface area contributed by atoms with E-state index in [2.05, 4.69) is 9.97 Å². The molecule has 0 fully saturated rings. The minimum atomic E-state index is -4.59. The molecule has 2 N–H and O–H groups in total. The van der Waals surface area contributed by atoms with E-state index in [-0.39, 0.29) is 12.3 Å². The first-order valence-electron chi connectivity index (χ1n) is 11.0. The summed E-state index contributed by atoms with van der Waals surface area (Å²) in [6.45, 7) is 2.54. The molecule has 2 aromatic heterocycles. The highest BCUT2D eigenvalue weighted by Gasteiger charge is 2.35. The van der Waals surface area contributed by atoms with E-state index >= 15 is 0 Å². The first-order chi connectivity index (χ1) is 17.2. The van der Waals surface area contributed by atoms with Crippen molar-refractivity contribution in [3.63, 3.8) is 0 Å². The van der Waals surface area contributed by atoms with E-state index in [9.17, 15) is 18.0 Å². The predicted molar refractivity (Wildman–Crippen MR) is 123 cm³/mol. The zero-order valence-electron chi connectivity index (χ0n) is 19.4. The Labute approximate surface area is 203 Å². The summed E-state index contributed by atoms with van der Waals surface area (Å²) in [4.78, 5) is 17.6. The number of carbonyl (C=O) groups is 1. The van der Waals surface area contributed by atoms with Gasteiger partial charge in [0.05, 0.1) is 26.7 Å². The number of halogens is 3. The van der Waals surface area contributed by atoms with Crippen LogP contribution in [0.4, 0.5) is 13.2 Å². The molecule has 0 unspecified atom stereocenters. The lowest BCUT2D eigenvalue weighted by Gasteiger charge is -2.12. The summed E-state index contributed by atoms with van der Waals surface area (Å²) in [6.07, 6.45) is -3.55. The molecule has 11 heteroatoms. The molecule has 2 aromatic carbocycles. The quantitative estimate of drug-likeness (QED) is 0.270. The fourth-order valence-electron chi connectivity index (χ4n) is 3.67. The highest BCUT2D eigenvalue weighted by Crippen LogP contribution is 2.35. The smallest absolute Gasteiger partial charge is 0.436 e. The third-order valence-electron chi connectivity index (χ3n) is 5.48. The van der Waals surface area contributed by atoms with Crippen molar-refractivity contribution in [2.24, 2.45) is 0 Å². The minimum absolute atomic E-state index is 0.0783. The van der Waals surface area contributed by atoms with E-state index in [0.29, 0.717) is 54.4 Å². The maximum Gasteiger partial charge on any atom is 0.436 e. The molecule has 36 heavy (non-hydrogen) atoms. The molecule has 0 atom stereocenters. The number of fused-ring (bicyclic) bond motifs is 1. The van der Waals surface area contributed by atoms with Crippen LogP contribution in [-0.2, 0) is 17.4 Å². The Morgan fingerprint density at radius 3 is 2.58 bits per heavy atom. The molecule has 2 heterocycles. The first kappa shape index (κ1) is 25.0. The normalized spacial score (nSPS) is 11.6. The van der Waals surface area contributed by atoms with E-state index in [4.69, 9.17) is 23.7 Å². The van der Waals surface area contributed by atoms with Crippen LogP contribution in [0.15, 0.2) is 47.1 Å². The number of hydrogen-bond donors (Lipinski definition) is 2. The number of carboxylic acids is 1. The molecule has 4 aromatic rings. The zero-order chi connectivity index (χ0) is 25.9. The van der Waals surface area contributed by atoms with Crippen LogP contribution in [0.5, 0.6) is 17.2 Å². The van der Waals surface area contributed by atoms with Gasteiger partial charge in [0.1, 0.15) is 12.0 Å². The van der Waals surface area contributed by atoms with Gasteiger partial charge in [0, 0.05) is 28.6 Å². The van der Waals surface area contributed by atoms with Gasteiger partial charge in [-0.15, -0.1) is 0 Å². The van der Waals surface area contributed by atoms with Crippen molar-refractivity contribution in [3.8, 4) is 28.7 Å². The van der Waals surface area contributed by atoms with Crippen LogP contribution in [0.25, 0.3) is 22.4 Å². The van der Waals surface area contributed by atoms with E-state index in [1.165, 1.54) is 19.2 Å². The molecule has 0 aliphatic heterocycles. The number of rotatable bonds is 10. The number of aliphatic carboxylic acids is 1. The highest BCUT2D eigenvalue weighted by molar-refractivity contribution is 5.87. The molecule has 0 saturated carbocycles. The Morgan fingerprint density at radius 1 is 1.11 bits per heavy atom. The number of oxazole rings is 1. The van der Waals surface area contributed by atoms with Crippen LogP contribution in [0.1, 0.15) is 23.4 Å². The second-order valence-electron chi connectivity index (χ2n) is 7.96. The summed E-state index contributed by atoms with van der Waals surface area (Å²) in [7, 11) is 1.42. The molecule has 0 radical (unpaired) electrons. The number of ether oxygens (including phenoxy) is 3. The molecule has 190 valence electrons. The molecule has 0 amide bonds. The van der Waals surface area contributed by atoms with Gasteiger partial charge in [-0.2, -0.15) is 13.2 Å². The largest absolute Gasteiger partial charge is 0.493 e. The third kappa shape index (κ3) is 5.56. The Bertz CT molecular complexity index is 1380. The van der Waals surface area contributed by atoms with E-state index in [0.717, 1.165) is 16.5 Å². The van der Waals surface area contributed by atoms with Crippen LogP contribution < -0.4 is 14.2 Å². The van der Waals surface area contributed by atoms with Gasteiger partial charge in [0.2, 0.25) is 5.89 Å². The monoisotopic (exact) mass is 504 g/mol. The molecule has 0 aliphatic rings. The molecule has 4 rings (SSSR count). The molecule has 0 saturated heterocycles. The van der Waals surface area contributed by atoms with Gasteiger partial charge >= 0.3 is 12.1 Å². The van der Waals surface area contributed by atoms with Gasteiger partial charge in [-0.3, -0.25) is 4.79 Å². The van der Waals surface area contributed by atoms with Crippen LogP contribution in [-0.4, -0.2) is 41.4 Å². The van der Waals surface area contributed by atoms with Gasteiger partial charge in [0.25, 0.3) is 0 Å². The minimum Gasteiger partial charge on any atom is -0.493 e. The van der Waals surface area contributed by atoms with Gasteiger partial charge in [-0.25, -0.2) is 4.98 Å². The first-order valence-corrected chi connectivity index (χ1v) is 11.0. The second-order valence-corrected chi connectivity index (χ2v) is 7.96. The number of aromatic amines is 1. The zero-order valence-corrected chi connectivity index (χ0v) is 19.4. The highest BCUT2D eigenvalue weighted by atomic mass is 19.4. The van der Waals surface area contributed by atoms with Crippen molar-refractivity contribution in [2.45, 2.75) is 25.9 Å². The molecule has 0 aliphatic carbocycles. The summed E-state index contributed by atoms with van der Waals surface area (Å²) in [5, 5.41) is 9.94. The summed E-state index contributed by atoms with van der Waals surface area (Å²) in [6, 6.07) is 10.1. The fourth-order valence-corrected chi connectivity index (χ4v) is 3.67. The average molecular weight is 504 g/mol. The van der Waals surface area contributed by atoms with Gasteiger partial charge in [-0.1, -0.05) is 0 Å². The molecule has 0 spiro atoms. The van der Waals surface area contributed by atoms with Crippen LogP contribution >= 0.6 is 0 Å². The Balaban J connectivity index is 1.32. The number of benzene rings is 2. The Kier molecular flexibility index (Phi) is 7.09. The number of nitrogens with zero attached hydrogens (tertiary/aromatic N) is 1. The lowest BCUT2D eigenvalue weighted by molar-refractivity contribution is -0.141.